The molecule has 2 heterocycles. The summed E-state index contributed by atoms with van der Waals surface area (Å²) in [6.45, 7) is 5.44. The topological polar surface area (TPSA) is 129 Å². The van der Waals surface area contributed by atoms with Gasteiger partial charge in [0.2, 0.25) is 5.75 Å². The Balaban J connectivity index is 2.24. The quantitative estimate of drug-likeness (QED) is 0.267. The van der Waals surface area contributed by atoms with Crippen LogP contribution in [-0.4, -0.2) is 5.97 Å². The summed E-state index contributed by atoms with van der Waals surface area (Å²) >= 11 is 0. The van der Waals surface area contributed by atoms with E-state index in [-0.39, 0.29) is 33.4 Å². The maximum absolute atomic E-state index is 12.7. The standard InChI is InChI=1S/C20H20N2O7/c1-4-6-7-11(5-2)19(23)29-18-16(22-26)13(21-25)9-12-15-14(28-17(12)18)8-10(3)27-20(15)24/h8-9,11H,4-7H2,1-3H3. The van der Waals surface area contributed by atoms with E-state index in [1.54, 1.807) is 6.92 Å². The molecule has 0 fully saturated rings. The van der Waals surface area contributed by atoms with Gasteiger partial charge >= 0.3 is 11.6 Å². The Bertz CT molecular complexity index is 1160. The highest BCUT2D eigenvalue weighted by Gasteiger charge is 2.27. The van der Waals surface area contributed by atoms with E-state index in [2.05, 4.69) is 10.4 Å². The lowest BCUT2D eigenvalue weighted by atomic mass is 10.00. The molecule has 0 aliphatic heterocycles. The van der Waals surface area contributed by atoms with Gasteiger partial charge in [-0.3, -0.25) is 4.79 Å². The first kappa shape index (κ1) is 20.4. The van der Waals surface area contributed by atoms with Gasteiger partial charge in [-0.15, -0.1) is 9.81 Å². The van der Waals surface area contributed by atoms with Crippen LogP contribution in [0.25, 0.3) is 21.9 Å². The van der Waals surface area contributed by atoms with Crippen LogP contribution in [0.15, 0.2) is 36.1 Å². The summed E-state index contributed by atoms with van der Waals surface area (Å²) in [6.07, 6.45) is 2.91. The van der Waals surface area contributed by atoms with Crippen LogP contribution in [0.4, 0.5) is 11.4 Å². The van der Waals surface area contributed by atoms with Crippen LogP contribution in [0.5, 0.6) is 5.75 Å². The van der Waals surface area contributed by atoms with E-state index < -0.39 is 23.2 Å². The monoisotopic (exact) mass is 400 g/mol. The molecule has 29 heavy (non-hydrogen) atoms. The third kappa shape index (κ3) is 3.67. The molecule has 0 saturated carbocycles. The van der Waals surface area contributed by atoms with E-state index in [0.717, 1.165) is 12.8 Å². The minimum atomic E-state index is -0.686. The summed E-state index contributed by atoms with van der Waals surface area (Å²) in [7, 11) is 0. The van der Waals surface area contributed by atoms with Crippen LogP contribution in [0.3, 0.4) is 0 Å². The minimum absolute atomic E-state index is 0.0430. The van der Waals surface area contributed by atoms with Gasteiger partial charge in [-0.05, 0) is 36.2 Å². The molecule has 2 aromatic heterocycles. The highest BCUT2D eigenvalue weighted by molar-refractivity contribution is 6.10. The molecule has 9 heteroatoms. The molecule has 0 aliphatic rings. The van der Waals surface area contributed by atoms with E-state index in [4.69, 9.17) is 13.6 Å². The largest absolute Gasteiger partial charge is 0.452 e. The molecule has 0 saturated heterocycles. The summed E-state index contributed by atoms with van der Waals surface area (Å²) in [4.78, 5) is 47.7. The van der Waals surface area contributed by atoms with Crippen LogP contribution >= 0.6 is 0 Å². The van der Waals surface area contributed by atoms with E-state index in [1.807, 2.05) is 13.8 Å². The van der Waals surface area contributed by atoms with Gasteiger partial charge in [-0.25, -0.2) is 4.79 Å². The SMILES string of the molecule is CCCCC(CC)C(=O)Oc1c(N=O)c(N=O)cc2c1oc1cc(C)oc(=O)c12. The highest BCUT2D eigenvalue weighted by atomic mass is 16.5. The van der Waals surface area contributed by atoms with Crippen molar-refractivity contribution in [1.29, 1.82) is 0 Å². The van der Waals surface area contributed by atoms with Crippen molar-refractivity contribution in [3.8, 4) is 5.75 Å². The number of carbonyl (C=O) groups excluding carboxylic acids is 1. The zero-order valence-electron chi connectivity index (χ0n) is 16.3. The van der Waals surface area contributed by atoms with E-state index in [9.17, 15) is 19.4 Å². The Morgan fingerprint density at radius 1 is 1.17 bits per heavy atom. The van der Waals surface area contributed by atoms with Crippen molar-refractivity contribution >= 4 is 39.3 Å². The number of furan rings is 1. The molecule has 1 unspecified atom stereocenters. The summed E-state index contributed by atoms with van der Waals surface area (Å²) in [5, 5.41) is 5.83. The van der Waals surface area contributed by atoms with Crippen molar-refractivity contribution in [1.82, 2.24) is 0 Å². The van der Waals surface area contributed by atoms with Crippen LogP contribution in [0.2, 0.25) is 0 Å². The van der Waals surface area contributed by atoms with Crippen molar-refractivity contribution < 1.29 is 18.4 Å². The number of hydrogen-bond donors (Lipinski definition) is 0. The molecule has 9 nitrogen and oxygen atoms in total. The van der Waals surface area contributed by atoms with Gasteiger partial charge in [-0.2, -0.15) is 0 Å². The third-order valence-corrected chi connectivity index (χ3v) is 4.83. The summed E-state index contributed by atoms with van der Waals surface area (Å²) in [5.41, 5.74) is -1.37. The van der Waals surface area contributed by atoms with Crippen LogP contribution in [-0.2, 0) is 4.79 Å². The third-order valence-electron chi connectivity index (χ3n) is 4.83. The second-order valence-corrected chi connectivity index (χ2v) is 6.79. The number of benzene rings is 1. The zero-order chi connectivity index (χ0) is 21.1. The van der Waals surface area contributed by atoms with Crippen LogP contribution in [0, 0.1) is 22.7 Å². The Kier molecular flexibility index (Phi) is 5.86. The van der Waals surface area contributed by atoms with Crippen LogP contribution < -0.4 is 10.4 Å². The molecule has 0 amide bonds. The first-order valence-electron chi connectivity index (χ1n) is 9.37. The van der Waals surface area contributed by atoms with Crippen molar-refractivity contribution in [3.63, 3.8) is 0 Å². The summed E-state index contributed by atoms with van der Waals surface area (Å²) in [5.74, 6) is -0.971. The Morgan fingerprint density at radius 2 is 1.93 bits per heavy atom. The number of hydrogen-bond acceptors (Lipinski definition) is 9. The number of esters is 1. The van der Waals surface area contributed by atoms with Gasteiger partial charge in [-0.1, -0.05) is 26.7 Å². The maximum Gasteiger partial charge on any atom is 0.347 e. The van der Waals surface area contributed by atoms with Gasteiger partial charge in [0.15, 0.2) is 11.3 Å². The number of rotatable bonds is 8. The van der Waals surface area contributed by atoms with Gasteiger partial charge < -0.3 is 13.6 Å². The molecule has 0 spiro atoms. The lowest BCUT2D eigenvalue weighted by molar-refractivity contribution is -0.139. The van der Waals surface area contributed by atoms with Crippen molar-refractivity contribution in [2.45, 2.75) is 46.5 Å². The fourth-order valence-electron chi connectivity index (χ4n) is 3.30. The average molecular weight is 400 g/mol. The molecule has 3 rings (SSSR count). The Labute approximate surface area is 165 Å². The summed E-state index contributed by atoms with van der Waals surface area (Å²) < 4.78 is 16.3. The smallest absolute Gasteiger partial charge is 0.347 e. The molecule has 0 radical (unpaired) electrons. The molecule has 3 aromatic rings. The Morgan fingerprint density at radius 3 is 2.55 bits per heavy atom. The molecule has 0 bridgehead atoms. The average Bonchev–Trinajstić information content (AvgIpc) is 3.06. The number of fused-ring (bicyclic) bond motifs is 3. The van der Waals surface area contributed by atoms with E-state index in [1.165, 1.54) is 12.1 Å². The fraction of sp³-hybridized carbons (Fsp3) is 0.400. The zero-order valence-corrected chi connectivity index (χ0v) is 16.3. The van der Waals surface area contributed by atoms with Crippen LogP contribution in [0.1, 0.15) is 45.3 Å². The number of ether oxygens (including phenoxy) is 1. The highest BCUT2D eigenvalue weighted by Crippen LogP contribution is 2.46. The molecule has 1 atom stereocenters. The minimum Gasteiger partial charge on any atom is -0.452 e. The molecule has 0 aliphatic carbocycles. The second-order valence-electron chi connectivity index (χ2n) is 6.79. The van der Waals surface area contributed by atoms with Gasteiger partial charge in [0.05, 0.1) is 5.92 Å². The number of nitrogens with zero attached hydrogens (tertiary/aromatic N) is 2. The molecule has 1 aromatic carbocycles. The number of carbonyl (C=O) groups is 1. The maximum atomic E-state index is 12.7. The first-order valence-corrected chi connectivity index (χ1v) is 9.37. The fourth-order valence-corrected chi connectivity index (χ4v) is 3.30. The van der Waals surface area contributed by atoms with E-state index >= 15 is 0 Å². The number of aryl methyl sites for hydroxylation is 1. The lowest BCUT2D eigenvalue weighted by Gasteiger charge is -2.14. The molecular formula is C20H20N2O7. The van der Waals surface area contributed by atoms with Crippen molar-refractivity contribution in [3.05, 3.63) is 38.1 Å². The summed E-state index contributed by atoms with van der Waals surface area (Å²) in [6, 6.07) is 2.68. The Hall–Kier alpha value is -3.36. The normalized spacial score (nSPS) is 12.2. The van der Waals surface area contributed by atoms with Gasteiger partial charge in [0.1, 0.15) is 22.4 Å². The predicted octanol–water partition coefficient (Wildman–Crippen LogP) is 5.77. The van der Waals surface area contributed by atoms with Gasteiger partial charge in [0, 0.05) is 11.5 Å². The first-order chi connectivity index (χ1) is 13.9. The van der Waals surface area contributed by atoms with Gasteiger partial charge in [0.25, 0.3) is 0 Å². The molecular weight excluding hydrogens is 380 g/mol. The lowest BCUT2D eigenvalue weighted by Crippen LogP contribution is -2.20. The number of unbranched alkanes of at least 4 members (excludes halogenated alkanes) is 1. The van der Waals surface area contributed by atoms with Crippen molar-refractivity contribution in [2.75, 3.05) is 0 Å². The molecule has 0 N–H and O–H groups in total. The van der Waals surface area contributed by atoms with Crippen molar-refractivity contribution in [2.24, 2.45) is 16.3 Å². The number of nitroso groups, excluding NO2 is 2. The second kappa shape index (κ2) is 8.34. The predicted molar refractivity (Wildman–Crippen MR) is 107 cm³/mol. The molecule has 152 valence electrons. The van der Waals surface area contributed by atoms with E-state index in [0.29, 0.717) is 18.6 Å².